The molecule has 1 aromatic carbocycles. The average molecular weight is 364 g/mol. The number of ketones is 1. The van der Waals surface area contributed by atoms with Crippen molar-refractivity contribution < 1.29 is 4.79 Å². The fourth-order valence-corrected chi connectivity index (χ4v) is 15.4. The van der Waals surface area contributed by atoms with E-state index in [1.165, 1.54) is 4.35 Å². The molecule has 2 N–H and O–H groups in total. The zero-order chi connectivity index (χ0) is 13.9. The van der Waals surface area contributed by atoms with E-state index in [1.54, 1.807) is 0 Å². The zero-order valence-corrected chi connectivity index (χ0v) is 14.1. The quantitative estimate of drug-likeness (QED) is 0.469. The van der Waals surface area contributed by atoms with Crippen molar-refractivity contribution >= 4 is 41.5 Å². The molecule has 3 nitrogen and oxygen atoms in total. The molecule has 1 fully saturated rings. The Balaban J connectivity index is 0.000000131. The largest absolute Gasteiger partial charge is 0.289 e. The van der Waals surface area contributed by atoms with Gasteiger partial charge in [-0.15, -0.1) is 0 Å². The summed E-state index contributed by atoms with van der Waals surface area (Å²) in [5.74, 6) is 5.51. The summed E-state index contributed by atoms with van der Waals surface area (Å²) in [5, 5.41) is 1.16. The Kier molecular flexibility index (Phi) is 4.41. The van der Waals surface area contributed by atoms with Gasteiger partial charge in [0.2, 0.25) is 0 Å². The predicted octanol–water partition coefficient (Wildman–Crippen LogP) is 1.75. The van der Waals surface area contributed by atoms with Gasteiger partial charge < -0.3 is 0 Å². The molecule has 1 heterocycles. The van der Waals surface area contributed by atoms with Crippen molar-refractivity contribution in [2.24, 2.45) is 10.3 Å². The van der Waals surface area contributed by atoms with Gasteiger partial charge in [-0.2, -0.15) is 0 Å². The summed E-state index contributed by atoms with van der Waals surface area (Å²) >= 11 is -0.889. The first kappa shape index (κ1) is 14.1. The van der Waals surface area contributed by atoms with Crippen LogP contribution in [0.25, 0.3) is 0 Å². The smallest absolute Gasteiger partial charge is 0.193 e. The maximum atomic E-state index is 10.8. The van der Waals surface area contributed by atoms with Crippen molar-refractivity contribution in [2.45, 2.75) is 0 Å². The van der Waals surface area contributed by atoms with Crippen molar-refractivity contribution in [3.63, 3.8) is 0 Å². The normalized spacial score (nSPS) is 25.8. The summed E-state index contributed by atoms with van der Waals surface area (Å²) in [6, 6.07) is 10.7. The summed E-state index contributed by atoms with van der Waals surface area (Å²) in [4.78, 5) is 10.8. The first-order valence-corrected chi connectivity index (χ1v) is 13.8. The number of allylic oxidation sites excluding steroid dienone is 6. The molecule has 3 aliphatic rings. The third kappa shape index (κ3) is 2.77. The van der Waals surface area contributed by atoms with E-state index in [0.717, 1.165) is 16.2 Å². The minimum Gasteiger partial charge on any atom is -0.289 e. The summed E-state index contributed by atoms with van der Waals surface area (Å²) < 4.78 is 5.42. The molecule has 0 spiro atoms. The second-order valence-electron chi connectivity index (χ2n) is 4.19. The minimum absolute atomic E-state index is 0.185. The van der Waals surface area contributed by atoms with Gasteiger partial charge >= 0.3 is 81.4 Å². The summed E-state index contributed by atoms with van der Waals surface area (Å²) in [5.41, 5.74) is 1.67. The maximum Gasteiger partial charge on any atom is 0.193 e. The van der Waals surface area contributed by atoms with E-state index in [2.05, 4.69) is 44.8 Å². The van der Waals surface area contributed by atoms with Gasteiger partial charge in [0.05, 0.1) is 0 Å². The maximum absolute atomic E-state index is 10.8. The van der Waals surface area contributed by atoms with E-state index in [0.29, 0.717) is 0 Å². The van der Waals surface area contributed by atoms with Crippen LogP contribution in [0.1, 0.15) is 0 Å². The van der Waals surface area contributed by atoms with Crippen molar-refractivity contribution in [3.8, 4) is 0 Å². The Morgan fingerprint density at radius 1 is 1.15 bits per heavy atom. The van der Waals surface area contributed by atoms with E-state index in [1.807, 2.05) is 24.3 Å². The van der Waals surface area contributed by atoms with Gasteiger partial charge in [0.1, 0.15) is 0 Å². The van der Waals surface area contributed by atoms with Gasteiger partial charge in [-0.05, 0) is 0 Å². The monoisotopic (exact) mass is 364 g/mol. The fraction of sp³-hybridized carbons (Fsp3) is 0.0714. The number of benzene rings is 1. The molecule has 0 saturated carbocycles. The molecule has 1 saturated heterocycles. The van der Waals surface area contributed by atoms with Crippen LogP contribution >= 0.6 is 10.0 Å². The van der Waals surface area contributed by atoms with Gasteiger partial charge in [0.15, 0.2) is 5.78 Å². The van der Waals surface area contributed by atoms with Crippen molar-refractivity contribution in [3.05, 3.63) is 65.8 Å². The number of hydrogen-bond donors (Lipinski definition) is 1. The predicted molar refractivity (Wildman–Crippen MR) is 88.6 cm³/mol. The zero-order valence-electron chi connectivity index (χ0n) is 10.6. The molecule has 0 amide bonds. The van der Waals surface area contributed by atoms with Crippen LogP contribution in [0, 0.1) is 0 Å². The Labute approximate surface area is 127 Å². The molecule has 2 unspecified atom stereocenters. The molecular weight excluding hydrogens is 351 g/mol. The van der Waals surface area contributed by atoms with E-state index in [9.17, 15) is 4.79 Å². The van der Waals surface area contributed by atoms with Gasteiger partial charge in [0, 0.05) is 11.1 Å². The van der Waals surface area contributed by atoms with Crippen molar-refractivity contribution in [1.29, 1.82) is 0 Å². The standard InChI is InChI=1S/C7H9AsN2S2.C7H4O/c9-10-12-6-11-8(12)7-4-2-1-3-5-7;8-7-5-1-2-6(7)4-3-5/h1-5H,6,9H2;1-4H. The summed E-state index contributed by atoms with van der Waals surface area (Å²) in [6.07, 6.45) is 7.38. The Hall–Kier alpha value is -0.872. The third-order valence-electron chi connectivity index (χ3n) is 2.96. The fourth-order valence-electron chi connectivity index (χ4n) is 1.91. The number of carbonyl (C=O) groups is 1. The van der Waals surface area contributed by atoms with Crippen molar-refractivity contribution in [2.75, 3.05) is 5.08 Å². The van der Waals surface area contributed by atoms with Crippen LogP contribution in [-0.4, -0.2) is 23.2 Å². The van der Waals surface area contributed by atoms with Crippen LogP contribution in [0.3, 0.4) is 0 Å². The Bertz CT molecular complexity index is 641. The van der Waals surface area contributed by atoms with E-state index in [4.69, 9.17) is 5.84 Å². The summed E-state index contributed by atoms with van der Waals surface area (Å²) in [7, 11) is 2.29. The third-order valence-corrected chi connectivity index (χ3v) is 21.6. The number of carbonyl (C=O) groups excluding carboxylic acids is 1. The van der Waals surface area contributed by atoms with E-state index in [-0.39, 0.29) is 14.7 Å². The first-order chi connectivity index (χ1) is 9.79. The van der Waals surface area contributed by atoms with Crippen LogP contribution in [0.2, 0.25) is 0 Å². The summed E-state index contributed by atoms with van der Waals surface area (Å²) in [6.45, 7) is 0. The molecule has 1 aromatic rings. The molecular formula is C14H13AsN2OS2. The Morgan fingerprint density at radius 2 is 1.80 bits per heavy atom. The van der Waals surface area contributed by atoms with Gasteiger partial charge in [-0.1, -0.05) is 24.3 Å². The van der Waals surface area contributed by atoms with E-state index >= 15 is 0 Å². The van der Waals surface area contributed by atoms with Crippen LogP contribution in [0.5, 0.6) is 0 Å². The van der Waals surface area contributed by atoms with E-state index < -0.39 is 12.3 Å². The molecule has 2 atom stereocenters. The molecule has 0 aromatic heterocycles. The Morgan fingerprint density at radius 3 is 2.15 bits per heavy atom. The molecule has 2 aliphatic carbocycles. The van der Waals surface area contributed by atoms with Crippen LogP contribution in [0.15, 0.2) is 70.3 Å². The molecule has 6 heteroatoms. The number of nitrogens with zero attached hydrogens (tertiary/aromatic N) is 1. The second-order valence-corrected chi connectivity index (χ2v) is 17.7. The number of rotatable bonds is 1. The number of nitrogens with two attached hydrogens (primary N) is 1. The molecule has 0 radical (unpaired) electrons. The average Bonchev–Trinajstić information content (AvgIpc) is 2.98. The number of hydrogen-bond acceptors (Lipinski definition) is 3. The first-order valence-electron chi connectivity index (χ1n) is 6.04. The second kappa shape index (κ2) is 6.27. The number of Topliss-reactive ketones (excluding diaryl/α,β-unsaturated/α-hetero) is 1. The number of fused-ring (bicyclic) bond motifs is 2. The molecule has 2 bridgehead atoms. The molecule has 20 heavy (non-hydrogen) atoms. The van der Waals surface area contributed by atoms with Crippen LogP contribution in [-0.2, 0) is 13.7 Å². The molecule has 102 valence electrons. The molecule has 4 rings (SSSR count). The van der Waals surface area contributed by atoms with Crippen molar-refractivity contribution in [1.82, 2.24) is 0 Å². The van der Waals surface area contributed by atoms with Gasteiger partial charge in [-0.25, -0.2) is 0 Å². The van der Waals surface area contributed by atoms with Gasteiger partial charge in [0.25, 0.3) is 0 Å². The van der Waals surface area contributed by atoms with Gasteiger partial charge in [-0.3, -0.25) is 4.79 Å². The van der Waals surface area contributed by atoms with Crippen LogP contribution in [0.4, 0.5) is 0 Å². The molecule has 1 aliphatic heterocycles. The topological polar surface area (TPSA) is 55.4 Å². The van der Waals surface area contributed by atoms with Crippen LogP contribution < -0.4 is 10.2 Å². The minimum atomic E-state index is -0.889. The SMILES string of the molecule is NN=S1CS[As]1c1ccccc1.O=C1C2=CC=C1C=C2.